The maximum atomic E-state index is 6.18. The minimum absolute atomic E-state index is 0.0351. The average Bonchev–Trinajstić information content (AvgIpc) is 2.77. The number of hydrogen-bond donors (Lipinski definition) is 1. The molecule has 1 aromatic rings. The van der Waals surface area contributed by atoms with Crippen molar-refractivity contribution < 1.29 is 0 Å². The van der Waals surface area contributed by atoms with E-state index < -0.39 is 0 Å². The molecule has 2 rings (SSSR count). The van der Waals surface area contributed by atoms with Crippen LogP contribution in [0.5, 0.6) is 0 Å². The molecule has 1 aliphatic rings. The normalized spacial score (nSPS) is 23.8. The zero-order valence-corrected chi connectivity index (χ0v) is 14.2. The second kappa shape index (κ2) is 6.17. The second-order valence-corrected chi connectivity index (χ2v) is 6.70. The quantitative estimate of drug-likeness (QED) is 0.875. The van der Waals surface area contributed by atoms with Crippen molar-refractivity contribution in [3.63, 3.8) is 0 Å². The highest BCUT2D eigenvalue weighted by Gasteiger charge is 2.42. The van der Waals surface area contributed by atoms with Gasteiger partial charge in [0.1, 0.15) is 0 Å². The van der Waals surface area contributed by atoms with E-state index in [4.69, 9.17) is 5.73 Å². The number of guanidine groups is 1. The Morgan fingerprint density at radius 1 is 1.35 bits per heavy atom. The molecule has 1 aliphatic heterocycles. The highest BCUT2D eigenvalue weighted by molar-refractivity contribution is 9.10. The van der Waals surface area contributed by atoms with E-state index in [-0.39, 0.29) is 5.54 Å². The first-order chi connectivity index (χ1) is 9.52. The van der Waals surface area contributed by atoms with Crippen LogP contribution in [0.4, 0.5) is 5.69 Å². The topological polar surface area (TPSA) is 41.6 Å². The van der Waals surface area contributed by atoms with E-state index in [1.807, 2.05) is 0 Å². The van der Waals surface area contributed by atoms with E-state index in [9.17, 15) is 0 Å². The summed E-state index contributed by atoms with van der Waals surface area (Å²) in [7, 11) is 0. The van der Waals surface area contributed by atoms with Gasteiger partial charge in [0.25, 0.3) is 0 Å². The molecule has 4 heteroatoms. The van der Waals surface area contributed by atoms with Gasteiger partial charge >= 0.3 is 0 Å². The number of hydrogen-bond acceptors (Lipinski definition) is 3. The van der Waals surface area contributed by atoms with Gasteiger partial charge in [0, 0.05) is 10.2 Å². The molecule has 0 aliphatic carbocycles. The molecule has 0 aromatic heterocycles. The van der Waals surface area contributed by atoms with Gasteiger partial charge in [0.15, 0.2) is 5.96 Å². The van der Waals surface area contributed by atoms with Crippen molar-refractivity contribution in [3.05, 3.63) is 28.7 Å². The summed E-state index contributed by atoms with van der Waals surface area (Å²) in [6.45, 7) is 7.60. The summed E-state index contributed by atoms with van der Waals surface area (Å²) in [5.41, 5.74) is 7.35. The van der Waals surface area contributed by atoms with Crippen molar-refractivity contribution in [1.82, 2.24) is 0 Å². The van der Waals surface area contributed by atoms with Crippen molar-refractivity contribution in [2.24, 2.45) is 16.6 Å². The number of anilines is 1. The lowest BCUT2D eigenvalue weighted by Gasteiger charge is -2.40. The van der Waals surface area contributed by atoms with Gasteiger partial charge in [-0.3, -0.25) is 4.99 Å². The van der Waals surface area contributed by atoms with Crippen molar-refractivity contribution >= 4 is 27.6 Å². The van der Waals surface area contributed by atoms with Gasteiger partial charge in [-0.2, -0.15) is 0 Å². The standard InChI is InChI=1S/C16H24BrN3/c1-4-12(3)10-16(5-2)11-19-15(18)20(16)14-8-6-13(17)7-9-14/h6-9,12H,4-5,10-11H2,1-3H3,(H2,18,19). The third-order valence-electron chi connectivity index (χ3n) is 4.41. The van der Waals surface area contributed by atoms with E-state index in [0.29, 0.717) is 11.9 Å². The van der Waals surface area contributed by atoms with Crippen molar-refractivity contribution in [1.29, 1.82) is 0 Å². The SMILES string of the molecule is CCC(C)CC1(CC)CN=C(N)N1c1ccc(Br)cc1. The second-order valence-electron chi connectivity index (χ2n) is 5.78. The Hall–Kier alpha value is -1.03. The molecule has 20 heavy (non-hydrogen) atoms. The summed E-state index contributed by atoms with van der Waals surface area (Å²) >= 11 is 3.49. The summed E-state index contributed by atoms with van der Waals surface area (Å²) < 4.78 is 1.08. The van der Waals surface area contributed by atoms with Gasteiger partial charge < -0.3 is 10.6 Å². The third kappa shape index (κ3) is 2.85. The molecule has 2 atom stereocenters. The smallest absolute Gasteiger partial charge is 0.196 e. The largest absolute Gasteiger partial charge is 0.369 e. The van der Waals surface area contributed by atoms with Crippen LogP contribution in [0.15, 0.2) is 33.7 Å². The minimum atomic E-state index is 0.0351. The minimum Gasteiger partial charge on any atom is -0.369 e. The molecule has 2 unspecified atom stereocenters. The molecular formula is C16H24BrN3. The number of nitrogens with zero attached hydrogens (tertiary/aromatic N) is 2. The highest BCUT2D eigenvalue weighted by Crippen LogP contribution is 2.37. The maximum Gasteiger partial charge on any atom is 0.196 e. The molecular weight excluding hydrogens is 314 g/mol. The van der Waals surface area contributed by atoms with Crippen molar-refractivity contribution in [3.8, 4) is 0 Å². The fourth-order valence-corrected chi connectivity index (χ4v) is 3.24. The molecule has 0 fully saturated rings. The lowest BCUT2D eigenvalue weighted by molar-refractivity contribution is 0.333. The van der Waals surface area contributed by atoms with Crippen LogP contribution in [0.3, 0.4) is 0 Å². The van der Waals surface area contributed by atoms with Gasteiger partial charge in [-0.25, -0.2) is 0 Å². The fourth-order valence-electron chi connectivity index (χ4n) is 2.97. The van der Waals surface area contributed by atoms with Crippen LogP contribution in [0.25, 0.3) is 0 Å². The molecule has 1 aromatic carbocycles. The van der Waals surface area contributed by atoms with Crippen molar-refractivity contribution in [2.45, 2.75) is 45.6 Å². The molecule has 0 amide bonds. The van der Waals surface area contributed by atoms with E-state index in [2.05, 4.69) is 70.9 Å². The van der Waals surface area contributed by atoms with Gasteiger partial charge in [-0.15, -0.1) is 0 Å². The van der Waals surface area contributed by atoms with Crippen molar-refractivity contribution in [2.75, 3.05) is 11.4 Å². The Morgan fingerprint density at radius 3 is 2.55 bits per heavy atom. The Bertz CT molecular complexity index is 483. The number of halogens is 1. The number of rotatable bonds is 5. The summed E-state index contributed by atoms with van der Waals surface area (Å²) in [4.78, 5) is 6.78. The first kappa shape index (κ1) is 15.4. The molecule has 0 spiro atoms. The van der Waals surface area contributed by atoms with Crippen LogP contribution in [0.2, 0.25) is 0 Å². The number of nitrogens with two attached hydrogens (primary N) is 1. The number of benzene rings is 1. The fraction of sp³-hybridized carbons (Fsp3) is 0.562. The van der Waals surface area contributed by atoms with Crippen LogP contribution in [0.1, 0.15) is 40.0 Å². The van der Waals surface area contributed by atoms with Crippen LogP contribution in [-0.4, -0.2) is 18.0 Å². The van der Waals surface area contributed by atoms with Gasteiger partial charge in [-0.05, 0) is 43.0 Å². The van der Waals surface area contributed by atoms with Gasteiger partial charge in [-0.1, -0.05) is 43.1 Å². The van der Waals surface area contributed by atoms with E-state index in [1.165, 1.54) is 6.42 Å². The summed E-state index contributed by atoms with van der Waals surface area (Å²) in [6.07, 6.45) is 3.37. The van der Waals surface area contributed by atoms with Crippen LogP contribution < -0.4 is 10.6 Å². The molecule has 1 heterocycles. The molecule has 0 saturated carbocycles. The lowest BCUT2D eigenvalue weighted by Crippen LogP contribution is -2.52. The monoisotopic (exact) mass is 337 g/mol. The Labute approximate surface area is 130 Å². The van der Waals surface area contributed by atoms with Crippen LogP contribution in [0, 0.1) is 5.92 Å². The highest BCUT2D eigenvalue weighted by atomic mass is 79.9. The number of aliphatic imine (C=N–C) groups is 1. The molecule has 3 nitrogen and oxygen atoms in total. The molecule has 2 N–H and O–H groups in total. The van der Waals surface area contributed by atoms with E-state index in [1.54, 1.807) is 0 Å². The van der Waals surface area contributed by atoms with E-state index >= 15 is 0 Å². The zero-order valence-electron chi connectivity index (χ0n) is 12.6. The molecule has 110 valence electrons. The Balaban J connectivity index is 2.34. The Kier molecular flexibility index (Phi) is 4.74. The van der Waals surface area contributed by atoms with E-state index in [0.717, 1.165) is 29.5 Å². The van der Waals surface area contributed by atoms with Gasteiger partial charge in [0.2, 0.25) is 0 Å². The summed E-state index contributed by atoms with van der Waals surface area (Å²) in [5, 5.41) is 0. The summed E-state index contributed by atoms with van der Waals surface area (Å²) in [5.74, 6) is 1.33. The maximum absolute atomic E-state index is 6.18. The summed E-state index contributed by atoms with van der Waals surface area (Å²) in [6, 6.07) is 8.34. The van der Waals surface area contributed by atoms with Crippen LogP contribution in [-0.2, 0) is 0 Å². The molecule has 0 saturated heterocycles. The lowest BCUT2D eigenvalue weighted by atomic mass is 9.83. The third-order valence-corrected chi connectivity index (χ3v) is 4.94. The molecule has 0 radical (unpaired) electrons. The van der Waals surface area contributed by atoms with Gasteiger partial charge in [0.05, 0.1) is 12.1 Å². The predicted octanol–water partition coefficient (Wildman–Crippen LogP) is 4.17. The first-order valence-corrected chi connectivity index (χ1v) is 8.17. The van der Waals surface area contributed by atoms with Crippen LogP contribution >= 0.6 is 15.9 Å². The molecule has 0 bridgehead atoms. The predicted molar refractivity (Wildman–Crippen MR) is 90.2 cm³/mol. The Morgan fingerprint density at radius 2 is 2.00 bits per heavy atom. The zero-order chi connectivity index (χ0) is 14.8. The first-order valence-electron chi connectivity index (χ1n) is 7.38. The average molecular weight is 338 g/mol.